The molecule has 4 rings (SSSR count). The van der Waals surface area contributed by atoms with Crippen LogP contribution in [0.2, 0.25) is 10.0 Å². The van der Waals surface area contributed by atoms with Gasteiger partial charge in [-0.2, -0.15) is 0 Å². The molecule has 0 spiro atoms. The molecule has 9 nitrogen and oxygen atoms in total. The second kappa shape index (κ2) is 12.0. The number of amides is 5. The van der Waals surface area contributed by atoms with Crippen LogP contribution < -0.4 is 25.0 Å². The van der Waals surface area contributed by atoms with Gasteiger partial charge in [-0.3, -0.25) is 19.7 Å². The van der Waals surface area contributed by atoms with Crippen molar-refractivity contribution in [3.05, 3.63) is 85.2 Å². The van der Waals surface area contributed by atoms with Crippen molar-refractivity contribution in [1.29, 1.82) is 0 Å². The van der Waals surface area contributed by atoms with E-state index in [1.807, 2.05) is 22.6 Å². The highest BCUT2D eigenvalue weighted by atomic mass is 127. The van der Waals surface area contributed by atoms with Gasteiger partial charge in [-0.25, -0.2) is 14.1 Å². The molecule has 1 saturated heterocycles. The summed E-state index contributed by atoms with van der Waals surface area (Å²) < 4.78 is 24.9. The normalized spacial score (nSPS) is 14.3. The van der Waals surface area contributed by atoms with E-state index in [4.69, 9.17) is 32.7 Å². The number of nitrogens with one attached hydrogen (secondary N) is 2. The number of rotatable bonds is 7. The van der Waals surface area contributed by atoms with Crippen molar-refractivity contribution in [1.82, 2.24) is 5.32 Å². The Kier molecular flexibility index (Phi) is 8.73. The van der Waals surface area contributed by atoms with E-state index in [2.05, 4.69) is 10.6 Å². The topological polar surface area (TPSA) is 114 Å². The molecule has 1 aliphatic rings. The Morgan fingerprint density at radius 2 is 1.79 bits per heavy atom. The molecule has 2 N–H and O–H groups in total. The molecule has 0 saturated carbocycles. The van der Waals surface area contributed by atoms with Crippen LogP contribution in [0, 0.1) is 9.39 Å². The number of carbonyl (C=O) groups is 4. The minimum atomic E-state index is -0.955. The zero-order valence-corrected chi connectivity index (χ0v) is 23.6. The maximum absolute atomic E-state index is 13.3. The van der Waals surface area contributed by atoms with Crippen LogP contribution in [0.5, 0.6) is 11.5 Å². The molecule has 1 fully saturated rings. The summed E-state index contributed by atoms with van der Waals surface area (Å²) in [5, 5.41) is 5.38. The van der Waals surface area contributed by atoms with Gasteiger partial charge in [0.1, 0.15) is 11.4 Å². The van der Waals surface area contributed by atoms with Crippen molar-refractivity contribution in [3.63, 3.8) is 0 Å². The molecule has 39 heavy (non-hydrogen) atoms. The number of anilines is 2. The van der Waals surface area contributed by atoms with Gasteiger partial charge in [0.2, 0.25) is 0 Å². The van der Waals surface area contributed by atoms with E-state index in [9.17, 15) is 23.6 Å². The Bertz CT molecular complexity index is 1530. The summed E-state index contributed by atoms with van der Waals surface area (Å²) in [6.45, 7) is -0.358. The van der Waals surface area contributed by atoms with Gasteiger partial charge in [0.25, 0.3) is 17.7 Å². The first-order chi connectivity index (χ1) is 18.6. The maximum atomic E-state index is 13.3. The number of halogens is 4. The molecule has 3 aromatic rings. The fourth-order valence-corrected chi connectivity index (χ4v) is 4.60. The summed E-state index contributed by atoms with van der Waals surface area (Å²) in [6, 6.07) is 11.5. The van der Waals surface area contributed by atoms with E-state index < -0.39 is 29.6 Å². The second-order valence-electron chi connectivity index (χ2n) is 7.93. The lowest BCUT2D eigenvalue weighted by Gasteiger charge is -2.26. The van der Waals surface area contributed by atoms with Gasteiger partial charge < -0.3 is 14.8 Å². The van der Waals surface area contributed by atoms with Gasteiger partial charge in [0.15, 0.2) is 18.1 Å². The van der Waals surface area contributed by atoms with Gasteiger partial charge in [-0.05, 0) is 88.8 Å². The standard InChI is InChI=1S/C26H17Cl2FIN3O6/c1-38-21-10-13(8-17-24(35)32-26(37)33(25(17)36)16-5-2-14(29)3-6-16)9-20(30)23(21)39-12-22(34)31-15-4-7-18(27)19(28)11-15/h2-11H,12H2,1H3,(H,31,34)(H,32,35,37)/b17-8+. The monoisotopic (exact) mass is 683 g/mol. The quantitative estimate of drug-likeness (QED) is 0.195. The smallest absolute Gasteiger partial charge is 0.335 e. The van der Waals surface area contributed by atoms with Crippen molar-refractivity contribution >= 4 is 87.0 Å². The van der Waals surface area contributed by atoms with Crippen LogP contribution in [0.25, 0.3) is 6.08 Å². The van der Waals surface area contributed by atoms with Crippen molar-refractivity contribution in [2.45, 2.75) is 0 Å². The Hall–Kier alpha value is -3.68. The van der Waals surface area contributed by atoms with Gasteiger partial charge in [-0.15, -0.1) is 0 Å². The Morgan fingerprint density at radius 1 is 1.08 bits per heavy atom. The molecule has 1 heterocycles. The largest absolute Gasteiger partial charge is 0.493 e. The molecule has 0 radical (unpaired) electrons. The number of benzene rings is 3. The summed E-state index contributed by atoms with van der Waals surface area (Å²) >= 11 is 13.8. The number of barbiturate groups is 1. The Labute approximate surface area is 245 Å². The van der Waals surface area contributed by atoms with Crippen LogP contribution in [0.4, 0.5) is 20.6 Å². The third-order valence-corrected chi connectivity index (χ3v) is 6.84. The number of urea groups is 1. The third kappa shape index (κ3) is 6.49. The fraction of sp³-hybridized carbons (Fsp3) is 0.0769. The molecule has 0 unspecified atom stereocenters. The zero-order chi connectivity index (χ0) is 28.3. The maximum Gasteiger partial charge on any atom is 0.335 e. The first-order valence-electron chi connectivity index (χ1n) is 11.0. The van der Waals surface area contributed by atoms with E-state index in [1.54, 1.807) is 18.2 Å². The number of carbonyl (C=O) groups excluding carboxylic acids is 4. The molecule has 1 aliphatic heterocycles. The van der Waals surface area contributed by atoms with Crippen molar-refractivity contribution in [3.8, 4) is 11.5 Å². The fourth-order valence-electron chi connectivity index (χ4n) is 3.52. The SMILES string of the molecule is COc1cc(/C=C2\C(=O)NC(=O)N(c3ccc(F)cc3)C2=O)cc(I)c1OCC(=O)Nc1ccc(Cl)c(Cl)c1. The van der Waals surface area contributed by atoms with Gasteiger partial charge in [0, 0.05) is 5.69 Å². The summed E-state index contributed by atoms with van der Waals surface area (Å²) in [6.07, 6.45) is 1.28. The highest BCUT2D eigenvalue weighted by Gasteiger charge is 2.37. The highest BCUT2D eigenvalue weighted by molar-refractivity contribution is 14.1. The average Bonchev–Trinajstić information content (AvgIpc) is 2.88. The summed E-state index contributed by atoms with van der Waals surface area (Å²) in [4.78, 5) is 51.0. The molecule has 13 heteroatoms. The predicted octanol–water partition coefficient (Wildman–Crippen LogP) is 5.43. The van der Waals surface area contributed by atoms with Crippen LogP contribution >= 0.6 is 45.8 Å². The van der Waals surface area contributed by atoms with Crippen molar-refractivity contribution in [2.24, 2.45) is 0 Å². The van der Waals surface area contributed by atoms with Crippen LogP contribution in [-0.4, -0.2) is 37.5 Å². The minimum absolute atomic E-state index is 0.0901. The minimum Gasteiger partial charge on any atom is -0.493 e. The van der Waals surface area contributed by atoms with Crippen LogP contribution in [-0.2, 0) is 14.4 Å². The molecule has 0 atom stereocenters. The Balaban J connectivity index is 1.54. The number of ether oxygens (including phenoxy) is 2. The molecular weight excluding hydrogens is 667 g/mol. The van der Waals surface area contributed by atoms with E-state index in [-0.39, 0.29) is 34.4 Å². The van der Waals surface area contributed by atoms with Crippen LogP contribution in [0.3, 0.4) is 0 Å². The van der Waals surface area contributed by atoms with Crippen molar-refractivity contribution in [2.75, 3.05) is 23.9 Å². The average molecular weight is 684 g/mol. The summed E-state index contributed by atoms with van der Waals surface area (Å²) in [5.74, 6) is -2.31. The van der Waals surface area contributed by atoms with Crippen molar-refractivity contribution < 1.29 is 33.0 Å². The molecular formula is C26H17Cl2FIN3O6. The summed E-state index contributed by atoms with van der Waals surface area (Å²) in [7, 11) is 1.39. The first kappa shape index (κ1) is 28.3. The van der Waals surface area contributed by atoms with E-state index in [0.29, 0.717) is 19.8 Å². The zero-order valence-electron chi connectivity index (χ0n) is 19.9. The van der Waals surface area contributed by atoms with Crippen LogP contribution in [0.1, 0.15) is 5.56 Å². The third-order valence-electron chi connectivity index (χ3n) is 5.30. The Morgan fingerprint density at radius 3 is 2.46 bits per heavy atom. The lowest BCUT2D eigenvalue weighted by atomic mass is 10.1. The molecule has 200 valence electrons. The molecule has 0 aliphatic carbocycles. The van der Waals surface area contributed by atoms with Gasteiger partial charge in [-0.1, -0.05) is 23.2 Å². The summed E-state index contributed by atoms with van der Waals surface area (Å²) in [5.41, 5.74) is 0.583. The van der Waals surface area contributed by atoms with E-state index in [0.717, 1.165) is 17.0 Å². The molecule has 0 bridgehead atoms. The van der Waals surface area contributed by atoms with Gasteiger partial charge >= 0.3 is 6.03 Å². The number of hydrogen-bond acceptors (Lipinski definition) is 6. The number of methoxy groups -OCH3 is 1. The number of nitrogens with zero attached hydrogens (tertiary/aromatic N) is 1. The van der Waals surface area contributed by atoms with E-state index in [1.165, 1.54) is 37.5 Å². The molecule has 3 aromatic carbocycles. The number of hydrogen-bond donors (Lipinski definition) is 2. The second-order valence-corrected chi connectivity index (χ2v) is 9.91. The lowest BCUT2D eigenvalue weighted by Crippen LogP contribution is -2.54. The predicted molar refractivity (Wildman–Crippen MR) is 152 cm³/mol. The van der Waals surface area contributed by atoms with Gasteiger partial charge in [0.05, 0.1) is 26.4 Å². The molecule has 5 amide bonds. The van der Waals surface area contributed by atoms with E-state index >= 15 is 0 Å². The van der Waals surface area contributed by atoms with Crippen LogP contribution in [0.15, 0.2) is 60.2 Å². The molecule has 0 aromatic heterocycles. The highest BCUT2D eigenvalue weighted by Crippen LogP contribution is 2.35. The number of imide groups is 2. The lowest BCUT2D eigenvalue weighted by molar-refractivity contribution is -0.122. The first-order valence-corrected chi connectivity index (χ1v) is 12.8.